The number of benzene rings is 2. The van der Waals surface area contributed by atoms with Gasteiger partial charge in [0.25, 0.3) is 5.91 Å². The summed E-state index contributed by atoms with van der Waals surface area (Å²) in [6, 6.07) is 15.5. The van der Waals surface area contributed by atoms with Gasteiger partial charge in [0, 0.05) is 30.9 Å². The molecule has 0 spiro atoms. The quantitative estimate of drug-likeness (QED) is 0.758. The number of aliphatic hydroxyl groups excluding tert-OH is 1. The minimum atomic E-state index is -0.848. The van der Waals surface area contributed by atoms with Crippen LogP contribution in [-0.2, 0) is 9.53 Å². The van der Waals surface area contributed by atoms with Crippen molar-refractivity contribution in [1.82, 2.24) is 0 Å². The predicted octanol–water partition coefficient (Wildman–Crippen LogP) is 1.92. The summed E-state index contributed by atoms with van der Waals surface area (Å²) in [6.45, 7) is 0.677. The number of nitrogens with one attached hydrogen (secondary N) is 1. The Hall–Kier alpha value is -3.37. The van der Waals surface area contributed by atoms with Crippen molar-refractivity contribution in [2.75, 3.05) is 29.9 Å². The van der Waals surface area contributed by atoms with Crippen LogP contribution in [0.2, 0.25) is 0 Å². The molecule has 7 heteroatoms. The van der Waals surface area contributed by atoms with Crippen molar-refractivity contribution in [1.29, 1.82) is 5.26 Å². The first-order valence-corrected chi connectivity index (χ1v) is 8.60. The molecule has 1 saturated heterocycles. The van der Waals surface area contributed by atoms with Crippen molar-refractivity contribution in [3.05, 3.63) is 59.7 Å². The third kappa shape index (κ3) is 4.07. The Morgan fingerprint density at radius 1 is 1.26 bits per heavy atom. The average molecular weight is 365 g/mol. The molecule has 1 amide bonds. The zero-order chi connectivity index (χ0) is 19.2. The number of hydrogen-bond donors (Lipinski definition) is 2. The van der Waals surface area contributed by atoms with Gasteiger partial charge in [-0.15, -0.1) is 0 Å². The molecule has 0 radical (unpaired) electrons. The zero-order valence-electron chi connectivity index (χ0n) is 14.6. The highest BCUT2D eigenvalue weighted by Crippen LogP contribution is 2.25. The van der Waals surface area contributed by atoms with Crippen LogP contribution in [0, 0.1) is 11.3 Å². The molecule has 2 aromatic carbocycles. The smallest absolute Gasteiger partial charge is 0.341 e. The topological polar surface area (TPSA) is 103 Å². The van der Waals surface area contributed by atoms with Gasteiger partial charge in [0.05, 0.1) is 23.8 Å². The molecule has 2 N–H and O–H groups in total. The molecule has 1 heterocycles. The van der Waals surface area contributed by atoms with Crippen LogP contribution in [0.5, 0.6) is 0 Å². The van der Waals surface area contributed by atoms with Gasteiger partial charge in [0.2, 0.25) is 0 Å². The molecule has 1 aliphatic heterocycles. The van der Waals surface area contributed by atoms with Gasteiger partial charge in [-0.25, -0.2) is 4.79 Å². The standard InChI is InChI=1S/C20H19N3O4/c21-13-14-5-7-15(8-6-14)23-11-9-18(19(23)25)27-20(26)16-3-1-2-4-17(16)22-10-12-24/h1-8,18,22,24H,9-12H2/t18-/m1/s1. The lowest BCUT2D eigenvalue weighted by atomic mass is 10.1. The van der Waals surface area contributed by atoms with E-state index in [0.29, 0.717) is 42.0 Å². The van der Waals surface area contributed by atoms with E-state index in [1.54, 1.807) is 53.4 Å². The number of ether oxygens (including phenoxy) is 1. The highest BCUT2D eigenvalue weighted by molar-refractivity contribution is 6.02. The van der Waals surface area contributed by atoms with Gasteiger partial charge in [-0.2, -0.15) is 5.26 Å². The summed E-state index contributed by atoms with van der Waals surface area (Å²) in [4.78, 5) is 26.7. The minimum Gasteiger partial charge on any atom is -0.449 e. The van der Waals surface area contributed by atoms with Crippen molar-refractivity contribution in [2.24, 2.45) is 0 Å². The summed E-state index contributed by atoms with van der Waals surface area (Å²) in [7, 11) is 0. The van der Waals surface area contributed by atoms with Gasteiger partial charge in [0.1, 0.15) is 0 Å². The number of hydrogen-bond acceptors (Lipinski definition) is 6. The number of para-hydroxylation sites is 1. The summed E-state index contributed by atoms with van der Waals surface area (Å²) in [6.07, 6.45) is -0.448. The van der Waals surface area contributed by atoms with Gasteiger partial charge in [0.15, 0.2) is 6.10 Å². The number of amides is 1. The Balaban J connectivity index is 1.69. The molecule has 2 aromatic rings. The largest absolute Gasteiger partial charge is 0.449 e. The van der Waals surface area contributed by atoms with Gasteiger partial charge in [-0.05, 0) is 36.4 Å². The number of esters is 1. The number of carbonyl (C=O) groups excluding carboxylic acids is 2. The second kappa shape index (κ2) is 8.34. The summed E-state index contributed by atoms with van der Waals surface area (Å²) in [5, 5.41) is 20.8. The van der Waals surface area contributed by atoms with E-state index in [1.807, 2.05) is 6.07 Å². The zero-order valence-corrected chi connectivity index (χ0v) is 14.6. The van der Waals surface area contributed by atoms with E-state index < -0.39 is 12.1 Å². The number of rotatable bonds is 6. The van der Waals surface area contributed by atoms with Crippen molar-refractivity contribution < 1.29 is 19.4 Å². The van der Waals surface area contributed by atoms with Crippen molar-refractivity contribution in [3.63, 3.8) is 0 Å². The fourth-order valence-electron chi connectivity index (χ4n) is 2.93. The van der Waals surface area contributed by atoms with Crippen LogP contribution in [0.4, 0.5) is 11.4 Å². The maximum Gasteiger partial charge on any atom is 0.341 e. The Kier molecular flexibility index (Phi) is 5.69. The lowest BCUT2D eigenvalue weighted by Crippen LogP contribution is -2.32. The Morgan fingerprint density at radius 2 is 2.00 bits per heavy atom. The molecule has 0 aliphatic carbocycles. The van der Waals surface area contributed by atoms with Crippen LogP contribution in [-0.4, -0.2) is 42.8 Å². The highest BCUT2D eigenvalue weighted by Gasteiger charge is 2.36. The van der Waals surface area contributed by atoms with Crippen LogP contribution in [0.3, 0.4) is 0 Å². The Morgan fingerprint density at radius 3 is 2.70 bits per heavy atom. The van der Waals surface area contributed by atoms with E-state index in [-0.39, 0.29) is 12.5 Å². The van der Waals surface area contributed by atoms with E-state index in [0.717, 1.165) is 0 Å². The molecule has 0 saturated carbocycles. The maximum atomic E-state index is 12.6. The van der Waals surface area contributed by atoms with E-state index in [9.17, 15) is 9.59 Å². The first-order valence-electron chi connectivity index (χ1n) is 8.60. The van der Waals surface area contributed by atoms with Crippen LogP contribution in [0.15, 0.2) is 48.5 Å². The molecule has 0 bridgehead atoms. The van der Waals surface area contributed by atoms with Crippen molar-refractivity contribution in [2.45, 2.75) is 12.5 Å². The SMILES string of the molecule is N#Cc1ccc(N2CC[C@@H](OC(=O)c3ccccc3NCCO)C2=O)cc1. The monoisotopic (exact) mass is 365 g/mol. The number of nitriles is 1. The van der Waals surface area contributed by atoms with Crippen molar-refractivity contribution in [3.8, 4) is 6.07 Å². The number of aliphatic hydroxyl groups is 1. The molecule has 3 rings (SSSR count). The second-order valence-electron chi connectivity index (χ2n) is 6.03. The molecule has 1 fully saturated rings. The van der Waals surface area contributed by atoms with Gasteiger partial charge in [-0.1, -0.05) is 12.1 Å². The third-order valence-corrected chi connectivity index (χ3v) is 4.29. The first kappa shape index (κ1) is 18.4. The summed E-state index contributed by atoms with van der Waals surface area (Å²) in [5.74, 6) is -0.870. The normalized spacial score (nSPS) is 16.1. The Bertz CT molecular complexity index is 874. The minimum absolute atomic E-state index is 0.0654. The highest BCUT2D eigenvalue weighted by atomic mass is 16.5. The molecule has 1 atom stereocenters. The van der Waals surface area contributed by atoms with Crippen LogP contribution < -0.4 is 10.2 Å². The number of carbonyl (C=O) groups is 2. The van der Waals surface area contributed by atoms with E-state index in [4.69, 9.17) is 15.1 Å². The van der Waals surface area contributed by atoms with Crippen LogP contribution >= 0.6 is 0 Å². The fraction of sp³-hybridized carbons (Fsp3) is 0.250. The fourth-order valence-corrected chi connectivity index (χ4v) is 2.93. The van der Waals surface area contributed by atoms with E-state index in [2.05, 4.69) is 5.32 Å². The molecule has 0 unspecified atom stereocenters. The lowest BCUT2D eigenvalue weighted by Gasteiger charge is -2.17. The average Bonchev–Trinajstić information content (AvgIpc) is 3.07. The van der Waals surface area contributed by atoms with Crippen molar-refractivity contribution >= 4 is 23.3 Å². The summed E-state index contributed by atoms with van der Waals surface area (Å²) < 4.78 is 5.44. The molecule has 1 aliphatic rings. The molecular formula is C20H19N3O4. The van der Waals surface area contributed by atoms with Gasteiger partial charge in [-0.3, -0.25) is 4.79 Å². The van der Waals surface area contributed by atoms with Crippen LogP contribution in [0.1, 0.15) is 22.3 Å². The van der Waals surface area contributed by atoms with Gasteiger partial charge < -0.3 is 20.1 Å². The predicted molar refractivity (Wildman–Crippen MR) is 99.3 cm³/mol. The number of anilines is 2. The number of nitrogens with zero attached hydrogens (tertiary/aromatic N) is 2. The summed E-state index contributed by atoms with van der Waals surface area (Å²) in [5.41, 5.74) is 2.05. The summed E-state index contributed by atoms with van der Waals surface area (Å²) >= 11 is 0. The maximum absolute atomic E-state index is 12.6. The third-order valence-electron chi connectivity index (χ3n) is 4.29. The molecular weight excluding hydrogens is 346 g/mol. The van der Waals surface area contributed by atoms with Gasteiger partial charge >= 0.3 is 5.97 Å². The molecule has 0 aromatic heterocycles. The van der Waals surface area contributed by atoms with Crippen LogP contribution in [0.25, 0.3) is 0 Å². The molecule has 27 heavy (non-hydrogen) atoms. The molecule has 7 nitrogen and oxygen atoms in total. The van der Waals surface area contributed by atoms with E-state index in [1.165, 1.54) is 0 Å². The lowest BCUT2D eigenvalue weighted by molar-refractivity contribution is -0.124. The molecule has 138 valence electrons. The van der Waals surface area contributed by atoms with E-state index >= 15 is 0 Å². The first-order chi connectivity index (χ1) is 13.1. The Labute approximate surface area is 156 Å². The second-order valence-corrected chi connectivity index (χ2v) is 6.03.